The van der Waals surface area contributed by atoms with Crippen molar-refractivity contribution in [2.45, 2.75) is 12.8 Å². The highest BCUT2D eigenvalue weighted by Gasteiger charge is 2.26. The summed E-state index contributed by atoms with van der Waals surface area (Å²) in [5.41, 5.74) is 6.01. The minimum atomic E-state index is -0.480. The van der Waals surface area contributed by atoms with Crippen LogP contribution in [-0.4, -0.2) is 25.7 Å². The highest BCUT2D eigenvalue weighted by molar-refractivity contribution is 5.74. The Morgan fingerprint density at radius 2 is 2.05 bits per heavy atom. The molecule has 0 aliphatic carbocycles. The number of benzene rings is 1. The van der Waals surface area contributed by atoms with Crippen molar-refractivity contribution >= 4 is 17.3 Å². The van der Waals surface area contributed by atoms with Crippen LogP contribution in [0.1, 0.15) is 12.8 Å². The fourth-order valence-corrected chi connectivity index (χ4v) is 2.61. The van der Waals surface area contributed by atoms with Crippen LogP contribution in [0.3, 0.4) is 0 Å². The molecule has 5 N–H and O–H groups in total. The van der Waals surface area contributed by atoms with E-state index in [4.69, 9.17) is 10.5 Å². The summed E-state index contributed by atoms with van der Waals surface area (Å²) in [4.78, 5) is 0. The van der Waals surface area contributed by atoms with Crippen molar-refractivity contribution in [2.75, 3.05) is 19.7 Å². The Balaban J connectivity index is 1.71. The fourth-order valence-electron chi connectivity index (χ4n) is 2.61. The molecule has 2 unspecified atom stereocenters. The number of rotatable bonds is 3. The van der Waals surface area contributed by atoms with Crippen LogP contribution in [0.15, 0.2) is 23.3 Å². The Kier molecular flexibility index (Phi) is 4.04. The maximum atomic E-state index is 11.9. The average Bonchev–Trinajstić information content (AvgIpc) is 2.51. The fraction of sp³-hybridized carbons (Fsp3) is 0.462. The lowest BCUT2D eigenvalue weighted by atomic mass is 9.99. The van der Waals surface area contributed by atoms with Crippen LogP contribution in [0.5, 0.6) is 5.75 Å². The van der Waals surface area contributed by atoms with E-state index in [1.54, 1.807) is 18.2 Å². The van der Waals surface area contributed by atoms with Gasteiger partial charge in [-0.2, -0.15) is 5.17 Å². The molecule has 8 nitrogen and oxygen atoms in total. The summed E-state index contributed by atoms with van der Waals surface area (Å²) in [5.74, 6) is 0.845. The average molecular weight is 293 g/mol. The zero-order valence-electron chi connectivity index (χ0n) is 11.6. The zero-order chi connectivity index (χ0) is 14.8. The molecule has 3 rings (SSSR count). The summed E-state index contributed by atoms with van der Waals surface area (Å²) < 4.78 is 5.76. The van der Waals surface area contributed by atoms with E-state index in [0.29, 0.717) is 18.3 Å². The smallest absolute Gasteiger partial charge is 0.351 e. The van der Waals surface area contributed by atoms with Gasteiger partial charge in [-0.1, -0.05) is 0 Å². The third-order valence-corrected chi connectivity index (χ3v) is 3.87. The number of hydroxylamine groups is 1. The van der Waals surface area contributed by atoms with Gasteiger partial charge in [0.05, 0.1) is 6.61 Å². The van der Waals surface area contributed by atoms with Crippen LogP contribution in [-0.2, 0) is 0 Å². The van der Waals surface area contributed by atoms with Crippen LogP contribution < -0.4 is 26.0 Å². The number of nitrogens with one attached hydrogen (secondary N) is 3. The predicted octanol–water partition coefficient (Wildman–Crippen LogP) is -1.66. The second kappa shape index (κ2) is 5.96. The number of quaternary nitrogens is 2. The Hall–Kier alpha value is -1.71. The number of nitrogens with zero attached hydrogens (tertiary/aromatic N) is 1. The second-order valence-corrected chi connectivity index (χ2v) is 5.34. The monoisotopic (exact) mass is 293 g/mol. The summed E-state index contributed by atoms with van der Waals surface area (Å²) in [6.07, 6.45) is 2.17. The summed E-state index contributed by atoms with van der Waals surface area (Å²) in [6.45, 7) is 2.64. The van der Waals surface area contributed by atoms with E-state index in [0.717, 1.165) is 25.9 Å². The maximum absolute atomic E-state index is 11.9. The molecule has 0 amide bonds. The van der Waals surface area contributed by atoms with E-state index < -0.39 is 10.2 Å². The van der Waals surface area contributed by atoms with Gasteiger partial charge in [-0.15, -0.1) is 0 Å². The lowest BCUT2D eigenvalue weighted by molar-refractivity contribution is -0.812. The SMILES string of the molecule is NC1=N[NH+]([O-])c2ccc(OCC3CCNCC3)cc2[NH+]1[O-]. The molecule has 2 aliphatic heterocycles. The Bertz CT molecular complexity index is 545. The van der Waals surface area contributed by atoms with Gasteiger partial charge < -0.3 is 26.2 Å². The number of guanidine groups is 1. The van der Waals surface area contributed by atoms with Gasteiger partial charge in [-0.3, -0.25) is 5.06 Å². The van der Waals surface area contributed by atoms with Crippen molar-refractivity contribution < 1.29 is 15.0 Å². The molecule has 0 bridgehead atoms. The molecule has 1 aromatic carbocycles. The van der Waals surface area contributed by atoms with Crippen LogP contribution >= 0.6 is 0 Å². The van der Waals surface area contributed by atoms with Gasteiger partial charge >= 0.3 is 5.96 Å². The van der Waals surface area contributed by atoms with E-state index in [-0.39, 0.29) is 17.3 Å². The Labute approximate surface area is 122 Å². The van der Waals surface area contributed by atoms with Crippen molar-refractivity contribution in [1.29, 1.82) is 0 Å². The lowest BCUT2D eigenvalue weighted by Gasteiger charge is -2.29. The van der Waals surface area contributed by atoms with Gasteiger partial charge in [0.15, 0.2) is 0 Å². The molecule has 114 valence electrons. The normalized spacial score (nSPS) is 26.1. The zero-order valence-corrected chi connectivity index (χ0v) is 11.6. The van der Waals surface area contributed by atoms with Gasteiger partial charge in [-0.05, 0) is 37.9 Å². The van der Waals surface area contributed by atoms with Crippen molar-refractivity contribution in [1.82, 2.24) is 5.32 Å². The molecule has 1 fully saturated rings. The van der Waals surface area contributed by atoms with Gasteiger partial charge in [-0.25, -0.2) is 0 Å². The van der Waals surface area contributed by atoms with Crippen LogP contribution in [0.4, 0.5) is 11.4 Å². The summed E-state index contributed by atoms with van der Waals surface area (Å²) in [6, 6.07) is 4.85. The topological polar surface area (TPSA) is 115 Å². The maximum Gasteiger partial charge on any atom is 0.351 e. The summed E-state index contributed by atoms with van der Waals surface area (Å²) in [7, 11) is 0. The highest BCUT2D eigenvalue weighted by Crippen LogP contribution is 2.23. The van der Waals surface area contributed by atoms with Crippen LogP contribution in [0, 0.1) is 16.3 Å². The second-order valence-electron chi connectivity index (χ2n) is 5.34. The van der Waals surface area contributed by atoms with Crippen molar-refractivity contribution in [2.24, 2.45) is 16.8 Å². The number of piperidine rings is 1. The number of fused-ring (bicyclic) bond motifs is 1. The third-order valence-electron chi connectivity index (χ3n) is 3.87. The molecule has 2 heterocycles. The van der Waals surface area contributed by atoms with Gasteiger partial charge in [0.1, 0.15) is 5.75 Å². The van der Waals surface area contributed by atoms with E-state index in [1.165, 1.54) is 0 Å². The first-order valence-electron chi connectivity index (χ1n) is 7.06. The number of ether oxygens (including phenoxy) is 1. The minimum absolute atomic E-state index is 0.261. The van der Waals surface area contributed by atoms with E-state index in [2.05, 4.69) is 10.4 Å². The molecule has 0 radical (unpaired) electrons. The predicted molar refractivity (Wildman–Crippen MR) is 77.1 cm³/mol. The van der Waals surface area contributed by atoms with Crippen LogP contribution in [0.2, 0.25) is 0 Å². The third kappa shape index (κ3) is 2.99. The molecule has 0 aromatic heterocycles. The Morgan fingerprint density at radius 1 is 1.29 bits per heavy atom. The van der Waals surface area contributed by atoms with Crippen LogP contribution in [0.25, 0.3) is 0 Å². The minimum Gasteiger partial charge on any atom is -0.621 e. The molecule has 8 heteroatoms. The molecule has 2 atom stereocenters. The first-order valence-corrected chi connectivity index (χ1v) is 7.06. The highest BCUT2D eigenvalue weighted by atomic mass is 16.5. The van der Waals surface area contributed by atoms with Crippen molar-refractivity contribution in [3.05, 3.63) is 28.6 Å². The molecular formula is C13H19N5O3. The first kappa shape index (κ1) is 14.2. The quantitative estimate of drug-likeness (QED) is 0.498. The molecule has 1 aromatic rings. The molecule has 0 saturated carbocycles. The van der Waals surface area contributed by atoms with Gasteiger partial charge in [0.2, 0.25) is 11.4 Å². The summed E-state index contributed by atoms with van der Waals surface area (Å²) >= 11 is 0. The first-order chi connectivity index (χ1) is 10.1. The lowest BCUT2D eigenvalue weighted by Crippen LogP contribution is -3.14. The molecule has 2 aliphatic rings. The number of hydrogen-bond acceptors (Lipinski definition) is 6. The number of nitrogens with two attached hydrogens (primary N) is 1. The molecular weight excluding hydrogens is 274 g/mol. The van der Waals surface area contributed by atoms with Crippen molar-refractivity contribution in [3.63, 3.8) is 0 Å². The molecule has 0 spiro atoms. The number of hydrogen-bond donors (Lipinski definition) is 4. The van der Waals surface area contributed by atoms with E-state index in [1.807, 2.05) is 0 Å². The van der Waals surface area contributed by atoms with Gasteiger partial charge in [0.25, 0.3) is 0 Å². The van der Waals surface area contributed by atoms with Gasteiger partial charge in [0, 0.05) is 17.2 Å². The molecule has 21 heavy (non-hydrogen) atoms. The van der Waals surface area contributed by atoms with E-state index >= 15 is 0 Å². The summed E-state index contributed by atoms with van der Waals surface area (Å²) in [5, 5.41) is 29.6. The Morgan fingerprint density at radius 3 is 2.81 bits per heavy atom. The largest absolute Gasteiger partial charge is 0.621 e. The molecule has 1 saturated heterocycles. The standard InChI is InChI=1S/C13H19N5O3/c14-13-16-18(20)11-2-1-10(7-12(11)17(13)19)21-8-9-3-5-15-6-4-9/h1-2,7,9,15,17-18H,3-6,8H2,(H2,14,16). The van der Waals surface area contributed by atoms with E-state index in [9.17, 15) is 10.4 Å². The van der Waals surface area contributed by atoms with Crippen molar-refractivity contribution in [3.8, 4) is 5.75 Å².